The van der Waals surface area contributed by atoms with E-state index in [1.54, 1.807) is 24.1 Å². The molecule has 2 aromatic heterocycles. The first-order valence-electron chi connectivity index (χ1n) is 5.47. The van der Waals surface area contributed by atoms with Crippen molar-refractivity contribution in [2.75, 3.05) is 7.05 Å². The lowest BCUT2D eigenvalue weighted by atomic mass is 10.4. The molecule has 2 heterocycles. The van der Waals surface area contributed by atoms with Gasteiger partial charge in [-0.2, -0.15) is 14.5 Å². The number of nitrogens with one attached hydrogen (secondary N) is 1. The van der Waals surface area contributed by atoms with E-state index in [9.17, 15) is 8.42 Å². The van der Waals surface area contributed by atoms with E-state index >= 15 is 0 Å². The quantitative estimate of drug-likeness (QED) is 0.824. The van der Waals surface area contributed by atoms with Crippen LogP contribution in [0.15, 0.2) is 23.6 Å². The highest BCUT2D eigenvalue weighted by atomic mass is 35.5. The molecule has 0 aromatic carbocycles. The first-order chi connectivity index (χ1) is 8.95. The van der Waals surface area contributed by atoms with Crippen LogP contribution in [0.3, 0.4) is 0 Å². The number of H-pyrrole nitrogens is 1. The Kier molecular flexibility index (Phi) is 3.93. The van der Waals surface area contributed by atoms with Gasteiger partial charge in [0.25, 0.3) is 10.0 Å². The summed E-state index contributed by atoms with van der Waals surface area (Å²) < 4.78 is 27.6. The van der Waals surface area contributed by atoms with Crippen molar-refractivity contribution in [1.29, 1.82) is 0 Å². The molecule has 104 valence electrons. The molecule has 0 spiro atoms. The number of hydrogen-bond acceptors (Lipinski definition) is 4. The fraction of sp³-hybridized carbons (Fsp3) is 0.400. The van der Waals surface area contributed by atoms with Crippen LogP contribution in [-0.2, 0) is 29.5 Å². The maximum absolute atomic E-state index is 12.4. The molecular formula is C10H14ClN5O2S. The predicted molar refractivity (Wildman–Crippen MR) is 70.0 cm³/mol. The van der Waals surface area contributed by atoms with Gasteiger partial charge in [0.2, 0.25) is 0 Å². The predicted octanol–water partition coefficient (Wildman–Crippen LogP) is 0.703. The molecule has 1 N–H and O–H groups in total. The van der Waals surface area contributed by atoms with Gasteiger partial charge < -0.3 is 0 Å². The summed E-state index contributed by atoms with van der Waals surface area (Å²) in [5, 5.41) is 10.2. The Labute approximate surface area is 116 Å². The molecule has 0 saturated heterocycles. The molecule has 0 aliphatic heterocycles. The molecule has 0 atom stereocenters. The maximum atomic E-state index is 12.4. The minimum Gasteiger partial charge on any atom is -0.275 e. The zero-order valence-corrected chi connectivity index (χ0v) is 12.1. The fourth-order valence-corrected chi connectivity index (χ4v) is 3.21. The zero-order valence-electron chi connectivity index (χ0n) is 10.5. The molecule has 0 aliphatic carbocycles. The van der Waals surface area contributed by atoms with Crippen molar-refractivity contribution in [2.24, 2.45) is 7.05 Å². The summed E-state index contributed by atoms with van der Waals surface area (Å²) in [5.41, 5.74) is 1.26. The Balaban J connectivity index is 2.24. The minimum absolute atomic E-state index is 0.0360. The summed E-state index contributed by atoms with van der Waals surface area (Å²) in [6, 6.07) is 0. The monoisotopic (exact) mass is 303 g/mol. The Bertz CT molecular complexity index is 663. The van der Waals surface area contributed by atoms with Gasteiger partial charge in [-0.1, -0.05) is 0 Å². The van der Waals surface area contributed by atoms with Gasteiger partial charge in [0.1, 0.15) is 0 Å². The van der Waals surface area contributed by atoms with Crippen LogP contribution in [0.5, 0.6) is 0 Å². The molecule has 0 amide bonds. The second kappa shape index (κ2) is 5.32. The van der Waals surface area contributed by atoms with E-state index < -0.39 is 10.0 Å². The topological polar surface area (TPSA) is 83.9 Å². The van der Waals surface area contributed by atoms with Gasteiger partial charge in [-0.15, -0.1) is 11.6 Å². The van der Waals surface area contributed by atoms with Crippen LogP contribution in [-0.4, -0.2) is 39.7 Å². The molecule has 0 aliphatic rings. The van der Waals surface area contributed by atoms with Crippen LogP contribution in [0.1, 0.15) is 11.1 Å². The first kappa shape index (κ1) is 14.0. The molecule has 0 unspecified atom stereocenters. The third kappa shape index (κ3) is 2.80. The first-order valence-corrected chi connectivity index (χ1v) is 7.44. The lowest BCUT2D eigenvalue weighted by Crippen LogP contribution is -2.27. The van der Waals surface area contributed by atoms with E-state index in [4.69, 9.17) is 11.6 Å². The summed E-state index contributed by atoms with van der Waals surface area (Å²) in [6.07, 6.45) is 4.81. The van der Waals surface area contributed by atoms with Gasteiger partial charge >= 0.3 is 0 Å². The molecule has 0 radical (unpaired) electrons. The smallest absolute Gasteiger partial charge is 0.260 e. The Morgan fingerprint density at radius 3 is 2.79 bits per heavy atom. The number of aryl methyl sites for hydroxylation is 1. The lowest BCUT2D eigenvalue weighted by molar-refractivity contribution is 0.463. The van der Waals surface area contributed by atoms with Crippen LogP contribution in [0.2, 0.25) is 0 Å². The van der Waals surface area contributed by atoms with E-state index in [0.717, 1.165) is 5.56 Å². The molecule has 19 heavy (non-hydrogen) atoms. The van der Waals surface area contributed by atoms with E-state index in [-0.39, 0.29) is 17.5 Å². The number of halogens is 1. The Morgan fingerprint density at radius 1 is 1.47 bits per heavy atom. The van der Waals surface area contributed by atoms with Crippen LogP contribution in [0.25, 0.3) is 0 Å². The normalized spacial score (nSPS) is 12.2. The molecule has 0 saturated carbocycles. The molecule has 9 heteroatoms. The van der Waals surface area contributed by atoms with Gasteiger partial charge in [0.15, 0.2) is 5.03 Å². The van der Waals surface area contributed by atoms with Crippen molar-refractivity contribution >= 4 is 21.6 Å². The number of alkyl halides is 1. The van der Waals surface area contributed by atoms with E-state index in [0.29, 0.717) is 5.56 Å². The molecular weight excluding hydrogens is 290 g/mol. The highest BCUT2D eigenvalue weighted by molar-refractivity contribution is 7.89. The Morgan fingerprint density at radius 2 is 2.21 bits per heavy atom. The van der Waals surface area contributed by atoms with E-state index in [1.165, 1.54) is 17.5 Å². The van der Waals surface area contributed by atoms with Gasteiger partial charge in [0.05, 0.1) is 18.3 Å². The molecule has 0 bridgehead atoms. The van der Waals surface area contributed by atoms with Gasteiger partial charge in [-0.25, -0.2) is 8.42 Å². The third-order valence-electron chi connectivity index (χ3n) is 2.65. The van der Waals surface area contributed by atoms with Crippen LogP contribution < -0.4 is 0 Å². The van der Waals surface area contributed by atoms with Crippen molar-refractivity contribution in [1.82, 2.24) is 24.3 Å². The number of aromatic amines is 1. The molecule has 0 fully saturated rings. The maximum Gasteiger partial charge on any atom is 0.260 e. The van der Waals surface area contributed by atoms with Crippen molar-refractivity contribution < 1.29 is 8.42 Å². The summed E-state index contributed by atoms with van der Waals surface area (Å²) in [5.74, 6) is 0.0891. The highest BCUT2D eigenvalue weighted by Crippen LogP contribution is 2.19. The zero-order chi connectivity index (χ0) is 14.0. The van der Waals surface area contributed by atoms with Gasteiger partial charge in [-0.3, -0.25) is 9.78 Å². The summed E-state index contributed by atoms with van der Waals surface area (Å²) in [4.78, 5) is 0. The molecule has 2 rings (SSSR count). The van der Waals surface area contributed by atoms with E-state index in [2.05, 4.69) is 15.3 Å². The highest BCUT2D eigenvalue weighted by Gasteiger charge is 2.25. The van der Waals surface area contributed by atoms with Crippen LogP contribution in [0, 0.1) is 0 Å². The fourth-order valence-electron chi connectivity index (χ4n) is 1.67. The van der Waals surface area contributed by atoms with Crippen molar-refractivity contribution in [3.8, 4) is 0 Å². The Hall–Kier alpha value is -1.38. The second-order valence-corrected chi connectivity index (χ2v) is 6.39. The number of sulfonamides is 1. The summed E-state index contributed by atoms with van der Waals surface area (Å²) in [6.45, 7) is 0.233. The number of hydrogen-bond donors (Lipinski definition) is 1. The average molecular weight is 304 g/mol. The number of nitrogens with zero attached hydrogens (tertiary/aromatic N) is 4. The standard InChI is InChI=1S/C10H14ClN5O2S/c1-15-6-8(4-13-15)7-16(2)19(17,18)10-9(3-11)5-12-14-10/h4-6H,3,7H2,1-2H3,(H,12,14). The number of rotatable bonds is 5. The van der Waals surface area contributed by atoms with Gasteiger partial charge in [0, 0.05) is 38.0 Å². The van der Waals surface area contributed by atoms with Crippen molar-refractivity contribution in [2.45, 2.75) is 17.5 Å². The molecule has 2 aromatic rings. The summed E-state index contributed by atoms with van der Waals surface area (Å²) in [7, 11) is -0.356. The number of aromatic nitrogens is 4. The third-order valence-corrected chi connectivity index (χ3v) is 4.76. The van der Waals surface area contributed by atoms with Crippen LogP contribution in [0.4, 0.5) is 0 Å². The largest absolute Gasteiger partial charge is 0.275 e. The van der Waals surface area contributed by atoms with Crippen molar-refractivity contribution in [3.63, 3.8) is 0 Å². The van der Waals surface area contributed by atoms with Gasteiger partial charge in [-0.05, 0) is 0 Å². The average Bonchev–Trinajstić information content (AvgIpc) is 2.97. The van der Waals surface area contributed by atoms with Crippen molar-refractivity contribution in [3.05, 3.63) is 29.7 Å². The minimum atomic E-state index is -3.63. The molecule has 7 nitrogen and oxygen atoms in total. The summed E-state index contributed by atoms with van der Waals surface area (Å²) >= 11 is 5.69. The van der Waals surface area contributed by atoms with E-state index in [1.807, 2.05) is 0 Å². The lowest BCUT2D eigenvalue weighted by Gasteiger charge is -2.15. The second-order valence-electron chi connectivity index (χ2n) is 4.14. The SMILES string of the molecule is CN(Cc1cnn(C)c1)S(=O)(=O)c1[nH]ncc1CCl. The van der Waals surface area contributed by atoms with Crippen LogP contribution >= 0.6 is 11.6 Å².